The van der Waals surface area contributed by atoms with Crippen LogP contribution in [-0.2, 0) is 11.3 Å². The molecule has 6 heteroatoms. The van der Waals surface area contributed by atoms with Crippen LogP contribution in [0.5, 0.6) is 5.75 Å². The molecule has 0 spiro atoms. The van der Waals surface area contributed by atoms with Gasteiger partial charge in [-0.2, -0.15) is 0 Å². The number of nitrogens with one attached hydrogen (secondary N) is 1. The Morgan fingerprint density at radius 3 is 2.57 bits per heavy atom. The van der Waals surface area contributed by atoms with Crippen LogP contribution < -0.4 is 10.1 Å². The van der Waals surface area contributed by atoms with Gasteiger partial charge >= 0.3 is 0 Å². The number of hydrogen-bond donors (Lipinski definition) is 1. The Balaban J connectivity index is 1.50. The SMILES string of the molecule is Cc1nccn1-c1ccc(CNC(=O)COc2ccc(C(C)C)cc2Br)cc1. The van der Waals surface area contributed by atoms with Crippen LogP contribution in [0.2, 0.25) is 0 Å². The molecular weight excluding hydrogens is 418 g/mol. The van der Waals surface area contributed by atoms with E-state index in [9.17, 15) is 4.79 Å². The zero-order chi connectivity index (χ0) is 20.1. The summed E-state index contributed by atoms with van der Waals surface area (Å²) < 4.78 is 8.50. The molecular formula is C22H24BrN3O2. The third-order valence-corrected chi connectivity index (χ3v) is 5.13. The molecule has 0 unspecified atom stereocenters. The van der Waals surface area contributed by atoms with E-state index in [1.165, 1.54) is 5.56 Å². The molecule has 0 radical (unpaired) electrons. The lowest BCUT2D eigenvalue weighted by Crippen LogP contribution is -2.28. The highest BCUT2D eigenvalue weighted by Gasteiger charge is 2.08. The fourth-order valence-electron chi connectivity index (χ4n) is 2.81. The zero-order valence-corrected chi connectivity index (χ0v) is 17.9. The number of aryl methyl sites for hydroxylation is 1. The van der Waals surface area contributed by atoms with Crippen LogP contribution in [0.4, 0.5) is 0 Å². The van der Waals surface area contributed by atoms with Gasteiger partial charge in [0, 0.05) is 24.6 Å². The highest BCUT2D eigenvalue weighted by molar-refractivity contribution is 9.10. The number of amides is 1. The summed E-state index contributed by atoms with van der Waals surface area (Å²) in [5.41, 5.74) is 3.29. The van der Waals surface area contributed by atoms with E-state index in [4.69, 9.17) is 4.74 Å². The Kier molecular flexibility index (Phi) is 6.52. The first-order chi connectivity index (χ1) is 13.4. The van der Waals surface area contributed by atoms with E-state index in [0.29, 0.717) is 18.2 Å². The third-order valence-electron chi connectivity index (χ3n) is 4.51. The molecule has 5 nitrogen and oxygen atoms in total. The van der Waals surface area contributed by atoms with Crippen molar-refractivity contribution in [1.29, 1.82) is 0 Å². The van der Waals surface area contributed by atoms with Crippen LogP contribution in [0.3, 0.4) is 0 Å². The van der Waals surface area contributed by atoms with E-state index in [2.05, 4.69) is 40.1 Å². The molecule has 1 heterocycles. The second-order valence-corrected chi connectivity index (χ2v) is 7.78. The molecule has 0 aliphatic heterocycles. The van der Waals surface area contributed by atoms with Gasteiger partial charge in [0.15, 0.2) is 6.61 Å². The number of benzene rings is 2. The molecule has 0 saturated carbocycles. The molecule has 0 aliphatic rings. The number of halogens is 1. The van der Waals surface area contributed by atoms with Gasteiger partial charge in [-0.1, -0.05) is 32.0 Å². The standard InChI is InChI=1S/C22H24BrN3O2/c1-15(2)18-6-9-21(20(23)12-18)28-14-22(27)25-13-17-4-7-19(8-5-17)26-11-10-24-16(26)3/h4-12,15H,13-14H2,1-3H3,(H,25,27). The van der Waals surface area contributed by atoms with Crippen LogP contribution in [0.15, 0.2) is 59.3 Å². The summed E-state index contributed by atoms with van der Waals surface area (Å²) >= 11 is 3.51. The highest BCUT2D eigenvalue weighted by atomic mass is 79.9. The van der Waals surface area contributed by atoms with Crippen LogP contribution >= 0.6 is 15.9 Å². The van der Waals surface area contributed by atoms with Crippen molar-refractivity contribution in [2.45, 2.75) is 33.2 Å². The van der Waals surface area contributed by atoms with Crippen molar-refractivity contribution in [2.75, 3.05) is 6.61 Å². The fraction of sp³-hybridized carbons (Fsp3) is 0.273. The molecule has 0 fully saturated rings. The first kappa shape index (κ1) is 20.1. The van der Waals surface area contributed by atoms with Gasteiger partial charge in [-0.15, -0.1) is 0 Å². The van der Waals surface area contributed by atoms with Gasteiger partial charge in [0.1, 0.15) is 11.6 Å². The molecule has 146 valence electrons. The Morgan fingerprint density at radius 1 is 1.21 bits per heavy atom. The largest absolute Gasteiger partial charge is 0.483 e. The Bertz CT molecular complexity index is 949. The minimum Gasteiger partial charge on any atom is -0.483 e. The Hall–Kier alpha value is -2.60. The van der Waals surface area contributed by atoms with Gasteiger partial charge in [0.2, 0.25) is 0 Å². The monoisotopic (exact) mass is 441 g/mol. The number of hydrogen-bond acceptors (Lipinski definition) is 3. The maximum atomic E-state index is 12.1. The number of ether oxygens (including phenoxy) is 1. The minimum absolute atomic E-state index is 0.0219. The average molecular weight is 442 g/mol. The summed E-state index contributed by atoms with van der Waals surface area (Å²) in [7, 11) is 0. The molecule has 28 heavy (non-hydrogen) atoms. The van der Waals surface area contributed by atoms with Gasteiger partial charge in [-0.25, -0.2) is 4.98 Å². The number of nitrogens with zero attached hydrogens (tertiary/aromatic N) is 2. The fourth-order valence-corrected chi connectivity index (χ4v) is 3.32. The summed E-state index contributed by atoms with van der Waals surface area (Å²) in [6, 6.07) is 14.0. The Labute approximate surface area is 173 Å². The second-order valence-electron chi connectivity index (χ2n) is 6.92. The van der Waals surface area contributed by atoms with Crippen LogP contribution in [0.1, 0.15) is 36.7 Å². The molecule has 3 rings (SSSR count). The van der Waals surface area contributed by atoms with Gasteiger partial charge in [-0.3, -0.25) is 4.79 Å². The van der Waals surface area contributed by atoms with E-state index in [-0.39, 0.29) is 12.5 Å². The molecule has 0 atom stereocenters. The maximum Gasteiger partial charge on any atom is 0.258 e. The van der Waals surface area contributed by atoms with E-state index in [1.807, 2.05) is 60.2 Å². The van der Waals surface area contributed by atoms with Crippen LogP contribution in [-0.4, -0.2) is 22.1 Å². The van der Waals surface area contributed by atoms with Crippen LogP contribution in [0, 0.1) is 6.92 Å². The van der Waals surface area contributed by atoms with Crippen molar-refractivity contribution in [3.8, 4) is 11.4 Å². The topological polar surface area (TPSA) is 56.2 Å². The van der Waals surface area contributed by atoms with E-state index in [1.54, 1.807) is 6.20 Å². The van der Waals surface area contributed by atoms with Gasteiger partial charge < -0.3 is 14.6 Å². The number of carbonyl (C=O) groups is 1. The normalized spacial score (nSPS) is 10.9. The van der Waals surface area contributed by atoms with E-state index >= 15 is 0 Å². The summed E-state index contributed by atoms with van der Waals surface area (Å²) in [6.45, 7) is 6.67. The molecule has 1 aromatic heterocycles. The summed E-state index contributed by atoms with van der Waals surface area (Å²) in [6.07, 6.45) is 3.70. The maximum absolute atomic E-state index is 12.1. The quantitative estimate of drug-likeness (QED) is 0.574. The molecule has 1 amide bonds. The highest BCUT2D eigenvalue weighted by Crippen LogP contribution is 2.28. The van der Waals surface area contributed by atoms with Gasteiger partial charge in [0.05, 0.1) is 4.47 Å². The van der Waals surface area contributed by atoms with Crippen molar-refractivity contribution in [2.24, 2.45) is 0 Å². The van der Waals surface area contributed by atoms with Crippen molar-refractivity contribution >= 4 is 21.8 Å². The van der Waals surface area contributed by atoms with Crippen molar-refractivity contribution in [1.82, 2.24) is 14.9 Å². The average Bonchev–Trinajstić information content (AvgIpc) is 3.11. The number of rotatable bonds is 7. The Morgan fingerprint density at radius 2 is 1.96 bits per heavy atom. The van der Waals surface area contributed by atoms with Crippen molar-refractivity contribution < 1.29 is 9.53 Å². The summed E-state index contributed by atoms with van der Waals surface area (Å²) in [5, 5.41) is 2.89. The van der Waals surface area contributed by atoms with Crippen LogP contribution in [0.25, 0.3) is 5.69 Å². The third kappa shape index (κ3) is 5.01. The van der Waals surface area contributed by atoms with Crippen molar-refractivity contribution in [3.63, 3.8) is 0 Å². The summed E-state index contributed by atoms with van der Waals surface area (Å²) in [5.74, 6) is 1.89. The predicted molar refractivity (Wildman–Crippen MR) is 114 cm³/mol. The lowest BCUT2D eigenvalue weighted by atomic mass is 10.0. The molecule has 0 bridgehead atoms. The number of carbonyl (C=O) groups excluding carboxylic acids is 1. The molecule has 2 aromatic carbocycles. The predicted octanol–water partition coefficient (Wildman–Crippen LogP) is 4.76. The minimum atomic E-state index is -0.158. The molecule has 0 saturated heterocycles. The van der Waals surface area contributed by atoms with Crippen molar-refractivity contribution in [3.05, 3.63) is 76.3 Å². The first-order valence-electron chi connectivity index (χ1n) is 9.22. The molecule has 1 N–H and O–H groups in total. The lowest BCUT2D eigenvalue weighted by molar-refractivity contribution is -0.123. The van der Waals surface area contributed by atoms with E-state index < -0.39 is 0 Å². The second kappa shape index (κ2) is 9.06. The summed E-state index contributed by atoms with van der Waals surface area (Å²) in [4.78, 5) is 16.3. The molecule has 3 aromatic rings. The number of aromatic nitrogens is 2. The first-order valence-corrected chi connectivity index (χ1v) is 10.0. The van der Waals surface area contributed by atoms with Gasteiger partial charge in [-0.05, 0) is 64.2 Å². The zero-order valence-electron chi connectivity index (χ0n) is 16.3. The number of imidazole rings is 1. The van der Waals surface area contributed by atoms with E-state index in [0.717, 1.165) is 21.5 Å². The van der Waals surface area contributed by atoms with Gasteiger partial charge in [0.25, 0.3) is 5.91 Å². The smallest absolute Gasteiger partial charge is 0.258 e. The lowest BCUT2D eigenvalue weighted by Gasteiger charge is -2.12. The molecule has 0 aliphatic carbocycles.